The van der Waals surface area contributed by atoms with Crippen molar-refractivity contribution in [3.8, 4) is 0 Å². The number of nitrogens with zero attached hydrogens (tertiary/aromatic N) is 1. The molecule has 0 unspecified atom stereocenters. The number of carbonyl (C=O) groups is 3. The van der Waals surface area contributed by atoms with Gasteiger partial charge in [0.1, 0.15) is 6.04 Å². The van der Waals surface area contributed by atoms with Crippen molar-refractivity contribution in [2.75, 3.05) is 26.1 Å². The maximum absolute atomic E-state index is 12.4. The molecule has 0 fully saturated rings. The summed E-state index contributed by atoms with van der Waals surface area (Å²) in [5.74, 6) is -0.678. The van der Waals surface area contributed by atoms with Gasteiger partial charge in [0, 0.05) is 24.7 Å². The van der Waals surface area contributed by atoms with Crippen LogP contribution in [-0.4, -0.2) is 60.9 Å². The van der Waals surface area contributed by atoms with E-state index in [0.717, 1.165) is 0 Å². The van der Waals surface area contributed by atoms with Crippen LogP contribution < -0.4 is 5.32 Å². The molecule has 0 aromatic heterocycles. The Morgan fingerprint density at radius 1 is 1.24 bits per heavy atom. The number of carbonyl (C=O) groups excluding carboxylic acids is 3. The Morgan fingerprint density at radius 3 is 2.36 bits per heavy atom. The van der Waals surface area contributed by atoms with E-state index < -0.39 is 24.0 Å². The lowest BCUT2D eigenvalue weighted by molar-refractivity contribution is -0.159. The zero-order valence-corrected chi connectivity index (χ0v) is 16.3. The van der Waals surface area contributed by atoms with Gasteiger partial charge in [0.25, 0.3) is 11.8 Å². The summed E-state index contributed by atoms with van der Waals surface area (Å²) in [5.41, 5.74) is 0.392. The smallest absolute Gasteiger partial charge is 0.329 e. The predicted molar refractivity (Wildman–Crippen MR) is 100.0 cm³/mol. The minimum absolute atomic E-state index is 0.319. The van der Waals surface area contributed by atoms with Crippen LogP contribution in [0.15, 0.2) is 24.3 Å². The number of ether oxygens (including phenoxy) is 1. The molecular weight excluding hydrogens is 364 g/mol. The van der Waals surface area contributed by atoms with Crippen LogP contribution in [0, 0.1) is 0 Å². The van der Waals surface area contributed by atoms with Gasteiger partial charge in [-0.2, -0.15) is 11.8 Å². The SMILES string of the molecule is CSCC[C@H](NC(=O)c1ccc(Cl)cc1)C(=O)O[C@@H](C)C(=O)N(C)C. The third-order valence-corrected chi connectivity index (χ3v) is 4.28. The fourth-order valence-electron chi connectivity index (χ4n) is 2.00. The highest BCUT2D eigenvalue weighted by atomic mass is 35.5. The van der Waals surface area contributed by atoms with Crippen molar-refractivity contribution in [3.63, 3.8) is 0 Å². The highest BCUT2D eigenvalue weighted by molar-refractivity contribution is 7.98. The van der Waals surface area contributed by atoms with Crippen molar-refractivity contribution in [3.05, 3.63) is 34.9 Å². The van der Waals surface area contributed by atoms with Crippen molar-refractivity contribution in [2.45, 2.75) is 25.5 Å². The third-order valence-electron chi connectivity index (χ3n) is 3.39. The Kier molecular flexibility index (Phi) is 8.78. The van der Waals surface area contributed by atoms with E-state index >= 15 is 0 Å². The summed E-state index contributed by atoms with van der Waals surface area (Å²) in [6.07, 6.45) is 1.40. The number of thioether (sulfide) groups is 1. The Bertz CT molecular complexity index is 607. The monoisotopic (exact) mass is 386 g/mol. The molecule has 0 aliphatic heterocycles. The van der Waals surface area contributed by atoms with E-state index in [9.17, 15) is 14.4 Å². The highest BCUT2D eigenvalue weighted by Crippen LogP contribution is 2.11. The van der Waals surface area contributed by atoms with Gasteiger partial charge >= 0.3 is 5.97 Å². The lowest BCUT2D eigenvalue weighted by Gasteiger charge is -2.21. The van der Waals surface area contributed by atoms with Gasteiger partial charge in [0.05, 0.1) is 0 Å². The molecule has 8 heteroatoms. The third kappa shape index (κ3) is 6.96. The second kappa shape index (κ2) is 10.3. The lowest BCUT2D eigenvalue weighted by atomic mass is 10.1. The Balaban J connectivity index is 2.78. The van der Waals surface area contributed by atoms with Crippen molar-refractivity contribution < 1.29 is 19.1 Å². The molecular formula is C17H23ClN2O4S. The highest BCUT2D eigenvalue weighted by Gasteiger charge is 2.27. The van der Waals surface area contributed by atoms with Crippen molar-refractivity contribution in [1.29, 1.82) is 0 Å². The minimum atomic E-state index is -0.910. The maximum atomic E-state index is 12.4. The first-order valence-corrected chi connectivity index (χ1v) is 9.50. The van der Waals surface area contributed by atoms with Crippen LogP contribution in [0.2, 0.25) is 5.02 Å². The van der Waals surface area contributed by atoms with Crippen molar-refractivity contribution in [2.24, 2.45) is 0 Å². The number of halogens is 1. The molecule has 1 rings (SSSR count). The second-order valence-electron chi connectivity index (χ2n) is 5.63. The molecule has 1 aromatic carbocycles. The molecule has 0 heterocycles. The number of hydrogen-bond acceptors (Lipinski definition) is 5. The number of hydrogen-bond donors (Lipinski definition) is 1. The molecule has 1 N–H and O–H groups in total. The molecule has 0 aliphatic carbocycles. The summed E-state index contributed by atoms with van der Waals surface area (Å²) < 4.78 is 5.21. The van der Waals surface area contributed by atoms with E-state index in [1.165, 1.54) is 11.8 Å². The normalized spacial score (nSPS) is 12.8. The maximum Gasteiger partial charge on any atom is 0.329 e. The largest absolute Gasteiger partial charge is 0.451 e. The predicted octanol–water partition coefficient (Wildman–Crippen LogP) is 2.21. The fraction of sp³-hybridized carbons (Fsp3) is 0.471. The number of amides is 2. The second-order valence-corrected chi connectivity index (χ2v) is 7.05. The van der Waals surface area contributed by atoms with Gasteiger partial charge in [0.2, 0.25) is 0 Å². The van der Waals surface area contributed by atoms with Crippen LogP contribution in [0.5, 0.6) is 0 Å². The number of nitrogens with one attached hydrogen (secondary N) is 1. The quantitative estimate of drug-likeness (QED) is 0.693. The molecule has 1 aromatic rings. The first kappa shape index (κ1) is 21.3. The Labute approximate surface area is 157 Å². The van der Waals surface area contributed by atoms with E-state index in [0.29, 0.717) is 22.8 Å². The summed E-state index contributed by atoms with van der Waals surface area (Å²) in [7, 11) is 3.17. The van der Waals surface area contributed by atoms with Crippen molar-refractivity contribution in [1.82, 2.24) is 10.2 Å². The van der Waals surface area contributed by atoms with Crippen LogP contribution >= 0.6 is 23.4 Å². The number of benzene rings is 1. The van der Waals surface area contributed by atoms with Crippen LogP contribution in [0.4, 0.5) is 0 Å². The van der Waals surface area contributed by atoms with E-state index in [1.54, 1.807) is 50.1 Å². The molecule has 0 saturated carbocycles. The molecule has 2 atom stereocenters. The Morgan fingerprint density at radius 2 is 1.84 bits per heavy atom. The zero-order chi connectivity index (χ0) is 19.0. The van der Waals surface area contributed by atoms with Crippen LogP contribution in [0.3, 0.4) is 0 Å². The summed E-state index contributed by atoms with van der Waals surface area (Å²) >= 11 is 7.36. The standard InChI is InChI=1S/C17H23ClN2O4S/c1-11(16(22)20(2)3)24-17(23)14(9-10-25-4)19-15(21)12-5-7-13(18)8-6-12/h5-8,11,14H,9-10H2,1-4H3,(H,19,21)/t11-,14-/m0/s1. The van der Waals surface area contributed by atoms with Crippen LogP contribution in [-0.2, 0) is 14.3 Å². The van der Waals surface area contributed by atoms with E-state index in [4.69, 9.17) is 16.3 Å². The molecule has 25 heavy (non-hydrogen) atoms. The molecule has 138 valence electrons. The van der Waals surface area contributed by atoms with Gasteiger partial charge < -0.3 is 15.0 Å². The van der Waals surface area contributed by atoms with Gasteiger partial charge in [-0.25, -0.2) is 4.79 Å². The fourth-order valence-corrected chi connectivity index (χ4v) is 2.60. The van der Waals surface area contributed by atoms with E-state index in [-0.39, 0.29) is 5.91 Å². The number of esters is 1. The summed E-state index contributed by atoms with van der Waals surface area (Å²) in [6, 6.07) is 5.53. The molecule has 0 aliphatic rings. The average Bonchev–Trinajstić information content (AvgIpc) is 2.57. The molecule has 0 spiro atoms. The summed E-state index contributed by atoms with van der Waals surface area (Å²) in [5, 5.41) is 3.19. The molecule has 2 amide bonds. The number of rotatable bonds is 8. The average molecular weight is 387 g/mol. The number of likely N-dealkylation sites (N-methyl/N-ethyl adjacent to an activating group) is 1. The zero-order valence-electron chi connectivity index (χ0n) is 14.7. The lowest BCUT2D eigenvalue weighted by Crippen LogP contribution is -2.45. The minimum Gasteiger partial charge on any atom is -0.451 e. The molecule has 0 saturated heterocycles. The topological polar surface area (TPSA) is 75.7 Å². The first-order chi connectivity index (χ1) is 11.8. The van der Waals surface area contributed by atoms with Gasteiger partial charge in [-0.15, -0.1) is 0 Å². The van der Waals surface area contributed by atoms with Crippen molar-refractivity contribution >= 4 is 41.1 Å². The summed E-state index contributed by atoms with van der Waals surface area (Å²) in [6.45, 7) is 1.51. The van der Waals surface area contributed by atoms with E-state index in [1.807, 2.05) is 6.26 Å². The van der Waals surface area contributed by atoms with Gasteiger partial charge in [-0.1, -0.05) is 11.6 Å². The molecule has 0 radical (unpaired) electrons. The summed E-state index contributed by atoms with van der Waals surface area (Å²) in [4.78, 5) is 37.9. The van der Waals surface area contributed by atoms with Gasteiger partial charge in [-0.3, -0.25) is 9.59 Å². The molecule has 6 nitrogen and oxygen atoms in total. The first-order valence-electron chi connectivity index (χ1n) is 7.73. The van der Waals surface area contributed by atoms with Gasteiger partial charge in [0.15, 0.2) is 6.10 Å². The Hall–Kier alpha value is -1.73. The van der Waals surface area contributed by atoms with Gasteiger partial charge in [-0.05, 0) is 49.6 Å². The van der Waals surface area contributed by atoms with E-state index in [2.05, 4.69) is 5.32 Å². The van der Waals surface area contributed by atoms with Crippen LogP contribution in [0.25, 0.3) is 0 Å². The molecule has 0 bridgehead atoms. The van der Waals surface area contributed by atoms with Crippen LogP contribution in [0.1, 0.15) is 23.7 Å².